The van der Waals surface area contributed by atoms with Gasteiger partial charge in [-0.05, 0) is 25.0 Å². The Morgan fingerprint density at radius 1 is 1.10 bits per heavy atom. The third kappa shape index (κ3) is 6.90. The van der Waals surface area contributed by atoms with Gasteiger partial charge in [-0.1, -0.05) is 32.0 Å². The number of aryl methyl sites for hydroxylation is 2. The quantitative estimate of drug-likeness (QED) is 0.813. The average Bonchev–Trinajstić information content (AvgIpc) is 2.34. The normalized spacial score (nSPS) is 10.4. The number of nitrogens with one attached hydrogen (secondary N) is 1. The Balaban J connectivity index is 0.00000191. The summed E-state index contributed by atoms with van der Waals surface area (Å²) >= 11 is 0. The van der Waals surface area contributed by atoms with Crippen molar-refractivity contribution in [3.63, 3.8) is 0 Å². The maximum Gasteiger partial charge on any atom is 0.279 e. The van der Waals surface area contributed by atoms with Crippen LogP contribution in [-0.4, -0.2) is 43.5 Å². The van der Waals surface area contributed by atoms with Gasteiger partial charge < -0.3 is 15.5 Å². The van der Waals surface area contributed by atoms with Gasteiger partial charge in [0.25, 0.3) is 11.8 Å². The van der Waals surface area contributed by atoms with Crippen molar-refractivity contribution in [2.45, 2.75) is 27.7 Å². The molecule has 2 amide bonds. The number of nitrogens with two attached hydrogens (primary N) is 1. The largest absolute Gasteiger partial charge is 0.365 e. The number of amides is 2. The summed E-state index contributed by atoms with van der Waals surface area (Å²) in [5.74, 6) is -0.534. The van der Waals surface area contributed by atoms with E-state index in [0.29, 0.717) is 0 Å². The van der Waals surface area contributed by atoms with Gasteiger partial charge in [0.2, 0.25) is 0 Å². The molecule has 0 bridgehead atoms. The molecule has 0 spiro atoms. The van der Waals surface area contributed by atoms with E-state index in [0.717, 1.165) is 16.8 Å². The Morgan fingerprint density at radius 2 is 1.57 bits per heavy atom. The molecule has 0 saturated carbocycles. The van der Waals surface area contributed by atoms with Gasteiger partial charge in [-0.3, -0.25) is 9.59 Å². The minimum Gasteiger partial charge on any atom is -0.365 e. The van der Waals surface area contributed by atoms with Gasteiger partial charge in [-0.25, -0.2) is 0 Å². The van der Waals surface area contributed by atoms with Gasteiger partial charge in [0.05, 0.1) is 14.1 Å². The second-order valence-corrected chi connectivity index (χ2v) is 5.53. The molecule has 0 aliphatic rings. The molecule has 0 aliphatic carbocycles. The molecule has 21 heavy (non-hydrogen) atoms. The van der Waals surface area contributed by atoms with Crippen LogP contribution in [0.3, 0.4) is 0 Å². The highest BCUT2D eigenvalue weighted by molar-refractivity contribution is 5.93. The van der Waals surface area contributed by atoms with E-state index in [1.807, 2.05) is 45.9 Å². The highest BCUT2D eigenvalue weighted by Gasteiger charge is 2.23. The summed E-state index contributed by atoms with van der Waals surface area (Å²) < 4.78 is 0.242. The molecule has 5 heteroatoms. The van der Waals surface area contributed by atoms with Crippen LogP contribution in [0.15, 0.2) is 18.2 Å². The summed E-state index contributed by atoms with van der Waals surface area (Å²) in [6, 6.07) is 5.85. The molecule has 1 aromatic rings. The molecule has 118 valence electrons. The van der Waals surface area contributed by atoms with Crippen LogP contribution in [-0.2, 0) is 9.59 Å². The number of anilines is 1. The Morgan fingerprint density at radius 3 is 2.00 bits per heavy atom. The van der Waals surface area contributed by atoms with Gasteiger partial charge in [-0.15, -0.1) is 0 Å². The van der Waals surface area contributed by atoms with Crippen molar-refractivity contribution >= 4 is 17.5 Å². The summed E-state index contributed by atoms with van der Waals surface area (Å²) in [5.41, 5.74) is 8.05. The predicted octanol–water partition coefficient (Wildman–Crippen LogP) is 1.83. The highest BCUT2D eigenvalue weighted by atomic mass is 16.2. The van der Waals surface area contributed by atoms with Gasteiger partial charge in [0.15, 0.2) is 13.1 Å². The van der Waals surface area contributed by atoms with E-state index in [4.69, 9.17) is 5.73 Å². The average molecular weight is 294 g/mol. The van der Waals surface area contributed by atoms with Crippen LogP contribution in [0.2, 0.25) is 0 Å². The van der Waals surface area contributed by atoms with Crippen molar-refractivity contribution in [3.8, 4) is 0 Å². The fraction of sp³-hybridized carbons (Fsp3) is 0.500. The number of hydrogen-bond donors (Lipinski definition) is 2. The van der Waals surface area contributed by atoms with Crippen molar-refractivity contribution in [2.24, 2.45) is 5.73 Å². The van der Waals surface area contributed by atoms with Crippen LogP contribution in [0.5, 0.6) is 0 Å². The van der Waals surface area contributed by atoms with E-state index >= 15 is 0 Å². The molecular formula is C16H28N3O2+. The monoisotopic (exact) mass is 294 g/mol. The molecule has 0 atom stereocenters. The molecule has 0 heterocycles. The second-order valence-electron chi connectivity index (χ2n) is 5.53. The minimum absolute atomic E-state index is 0.122. The maximum atomic E-state index is 12.0. The summed E-state index contributed by atoms with van der Waals surface area (Å²) in [7, 11) is 3.60. The predicted molar refractivity (Wildman–Crippen MR) is 86.9 cm³/mol. The first-order chi connectivity index (χ1) is 9.71. The Labute approximate surface area is 127 Å². The van der Waals surface area contributed by atoms with E-state index in [1.54, 1.807) is 14.1 Å². The van der Waals surface area contributed by atoms with Crippen LogP contribution >= 0.6 is 0 Å². The van der Waals surface area contributed by atoms with Crippen LogP contribution < -0.4 is 11.1 Å². The lowest BCUT2D eigenvalue weighted by Crippen LogP contribution is -2.50. The molecule has 3 N–H and O–H groups in total. The first kappa shape index (κ1) is 19.1. The van der Waals surface area contributed by atoms with Crippen LogP contribution in [0, 0.1) is 13.8 Å². The number of quaternary nitrogens is 1. The number of para-hydroxylation sites is 1. The second kappa shape index (κ2) is 8.42. The fourth-order valence-electron chi connectivity index (χ4n) is 2.06. The van der Waals surface area contributed by atoms with E-state index in [-0.39, 0.29) is 23.5 Å². The van der Waals surface area contributed by atoms with Gasteiger partial charge in [0.1, 0.15) is 0 Å². The Bertz CT molecular complexity index is 476. The van der Waals surface area contributed by atoms with Crippen LogP contribution in [0.25, 0.3) is 0 Å². The molecule has 0 aliphatic heterocycles. The van der Waals surface area contributed by atoms with Crippen molar-refractivity contribution < 1.29 is 14.1 Å². The number of benzene rings is 1. The summed E-state index contributed by atoms with van der Waals surface area (Å²) in [4.78, 5) is 23.0. The summed E-state index contributed by atoms with van der Waals surface area (Å²) in [6.45, 7) is 8.24. The van der Waals surface area contributed by atoms with E-state index in [2.05, 4.69) is 5.32 Å². The first-order valence-electron chi connectivity index (χ1n) is 7.17. The maximum absolute atomic E-state index is 12.0. The number of rotatable bonds is 5. The molecular weight excluding hydrogens is 266 g/mol. The SMILES string of the molecule is CC.Cc1cccc(C)c1NC(=O)C[N+](C)(C)CC(N)=O. The van der Waals surface area contributed by atoms with Gasteiger partial charge in [0, 0.05) is 5.69 Å². The highest BCUT2D eigenvalue weighted by Crippen LogP contribution is 2.19. The zero-order valence-corrected chi connectivity index (χ0v) is 14.0. The molecule has 0 aromatic heterocycles. The Kier molecular flexibility index (Phi) is 7.66. The molecule has 1 aromatic carbocycles. The number of primary amides is 1. The van der Waals surface area contributed by atoms with Crippen molar-refractivity contribution in [2.75, 3.05) is 32.5 Å². The van der Waals surface area contributed by atoms with Crippen LogP contribution in [0.1, 0.15) is 25.0 Å². The van der Waals surface area contributed by atoms with Crippen molar-refractivity contribution in [3.05, 3.63) is 29.3 Å². The van der Waals surface area contributed by atoms with E-state index < -0.39 is 5.91 Å². The van der Waals surface area contributed by atoms with E-state index in [1.165, 1.54) is 0 Å². The van der Waals surface area contributed by atoms with Gasteiger partial charge in [-0.2, -0.15) is 0 Å². The van der Waals surface area contributed by atoms with Gasteiger partial charge >= 0.3 is 0 Å². The molecule has 0 radical (unpaired) electrons. The summed E-state index contributed by atoms with van der Waals surface area (Å²) in [6.07, 6.45) is 0. The smallest absolute Gasteiger partial charge is 0.279 e. The molecule has 0 saturated heterocycles. The number of nitrogens with zero attached hydrogens (tertiary/aromatic N) is 1. The Hall–Kier alpha value is -1.88. The molecule has 0 fully saturated rings. The summed E-state index contributed by atoms with van der Waals surface area (Å²) in [5, 5.41) is 2.90. The van der Waals surface area contributed by atoms with Crippen LogP contribution in [0.4, 0.5) is 5.69 Å². The number of likely N-dealkylation sites (N-methyl/N-ethyl adjacent to an activating group) is 1. The third-order valence-electron chi connectivity index (χ3n) is 2.90. The lowest BCUT2D eigenvalue weighted by molar-refractivity contribution is -0.874. The molecule has 1 rings (SSSR count). The zero-order valence-electron chi connectivity index (χ0n) is 14.0. The number of carbonyl (C=O) groups is 2. The topological polar surface area (TPSA) is 72.2 Å². The molecule has 0 unspecified atom stereocenters. The number of hydrogen-bond acceptors (Lipinski definition) is 2. The fourth-order valence-corrected chi connectivity index (χ4v) is 2.06. The zero-order chi connectivity index (χ0) is 16.6. The van der Waals surface area contributed by atoms with Crippen molar-refractivity contribution in [1.82, 2.24) is 0 Å². The lowest BCUT2D eigenvalue weighted by Gasteiger charge is -2.27. The number of carbonyl (C=O) groups excluding carboxylic acids is 2. The minimum atomic E-state index is -0.412. The van der Waals surface area contributed by atoms with Crippen molar-refractivity contribution in [1.29, 1.82) is 0 Å². The first-order valence-corrected chi connectivity index (χ1v) is 7.17. The standard InChI is InChI=1S/C14H21N3O2.C2H6/c1-10-6-5-7-11(2)14(10)16-13(19)9-17(3,4)8-12(15)18;1-2/h5-7H,8-9H2,1-4H3,(H2-,15,16,18,19);1-2H3/p+1. The lowest BCUT2D eigenvalue weighted by atomic mass is 10.1. The third-order valence-corrected chi connectivity index (χ3v) is 2.90. The molecule has 5 nitrogen and oxygen atoms in total. The van der Waals surface area contributed by atoms with E-state index in [9.17, 15) is 9.59 Å².